The van der Waals surface area contributed by atoms with Gasteiger partial charge in [0.25, 0.3) is 0 Å². The van der Waals surface area contributed by atoms with Gasteiger partial charge in [-0.3, -0.25) is 0 Å². The Labute approximate surface area is 80.9 Å². The van der Waals surface area contributed by atoms with E-state index >= 15 is 0 Å². The SMILES string of the molecule is COCOC1C=C(C)CC(C)(C)C1. The lowest BCUT2D eigenvalue weighted by Gasteiger charge is -2.33. The van der Waals surface area contributed by atoms with Gasteiger partial charge in [-0.15, -0.1) is 0 Å². The first-order chi connectivity index (χ1) is 6.03. The fourth-order valence-electron chi connectivity index (χ4n) is 2.07. The maximum atomic E-state index is 5.54. The smallest absolute Gasteiger partial charge is 0.147 e. The fourth-order valence-corrected chi connectivity index (χ4v) is 2.07. The van der Waals surface area contributed by atoms with Gasteiger partial charge in [0.1, 0.15) is 6.79 Å². The van der Waals surface area contributed by atoms with Crippen LogP contribution >= 0.6 is 0 Å². The van der Waals surface area contributed by atoms with E-state index in [0.717, 1.165) is 6.42 Å². The highest BCUT2D eigenvalue weighted by Gasteiger charge is 2.27. The van der Waals surface area contributed by atoms with Gasteiger partial charge < -0.3 is 9.47 Å². The third kappa shape index (κ3) is 3.49. The molecule has 1 atom stereocenters. The van der Waals surface area contributed by atoms with Gasteiger partial charge in [-0.2, -0.15) is 0 Å². The second-order valence-electron chi connectivity index (χ2n) is 4.67. The molecule has 1 aliphatic rings. The molecule has 76 valence electrons. The summed E-state index contributed by atoms with van der Waals surface area (Å²) in [6.45, 7) is 7.13. The van der Waals surface area contributed by atoms with Crippen molar-refractivity contribution in [2.24, 2.45) is 5.41 Å². The molecule has 1 unspecified atom stereocenters. The van der Waals surface area contributed by atoms with Crippen molar-refractivity contribution in [1.82, 2.24) is 0 Å². The van der Waals surface area contributed by atoms with E-state index in [-0.39, 0.29) is 6.10 Å². The van der Waals surface area contributed by atoms with Crippen LogP contribution in [0.5, 0.6) is 0 Å². The van der Waals surface area contributed by atoms with Crippen molar-refractivity contribution in [3.8, 4) is 0 Å². The summed E-state index contributed by atoms with van der Waals surface area (Å²) in [4.78, 5) is 0. The van der Waals surface area contributed by atoms with Crippen LogP contribution in [0.3, 0.4) is 0 Å². The largest absolute Gasteiger partial charge is 0.359 e. The van der Waals surface area contributed by atoms with Crippen molar-refractivity contribution in [3.63, 3.8) is 0 Å². The topological polar surface area (TPSA) is 18.5 Å². The Morgan fingerprint density at radius 2 is 2.23 bits per heavy atom. The quantitative estimate of drug-likeness (QED) is 0.496. The first-order valence-corrected chi connectivity index (χ1v) is 4.81. The highest BCUT2D eigenvalue weighted by Crippen LogP contribution is 2.36. The van der Waals surface area contributed by atoms with Gasteiger partial charge in [0, 0.05) is 7.11 Å². The molecule has 13 heavy (non-hydrogen) atoms. The van der Waals surface area contributed by atoms with E-state index in [9.17, 15) is 0 Å². The van der Waals surface area contributed by atoms with Crippen molar-refractivity contribution in [2.75, 3.05) is 13.9 Å². The van der Waals surface area contributed by atoms with Crippen LogP contribution < -0.4 is 0 Å². The third-order valence-electron chi connectivity index (χ3n) is 2.38. The van der Waals surface area contributed by atoms with Crippen LogP contribution in [-0.4, -0.2) is 20.0 Å². The fraction of sp³-hybridized carbons (Fsp3) is 0.818. The molecular formula is C11H20O2. The molecule has 0 aliphatic heterocycles. The zero-order valence-corrected chi connectivity index (χ0v) is 9.09. The summed E-state index contributed by atoms with van der Waals surface area (Å²) >= 11 is 0. The number of allylic oxidation sites excluding steroid dienone is 1. The Morgan fingerprint density at radius 1 is 1.54 bits per heavy atom. The lowest BCUT2D eigenvalue weighted by Crippen LogP contribution is -2.27. The summed E-state index contributed by atoms with van der Waals surface area (Å²) in [6.07, 6.45) is 4.72. The van der Waals surface area contributed by atoms with Crippen molar-refractivity contribution in [2.45, 2.75) is 39.7 Å². The molecule has 0 fully saturated rings. The lowest BCUT2D eigenvalue weighted by molar-refractivity contribution is -0.0690. The summed E-state index contributed by atoms with van der Waals surface area (Å²) in [5.74, 6) is 0. The molecule has 0 aromatic heterocycles. The highest BCUT2D eigenvalue weighted by molar-refractivity contribution is 5.10. The van der Waals surface area contributed by atoms with E-state index in [1.54, 1.807) is 7.11 Å². The molecule has 0 saturated heterocycles. The predicted octanol–water partition coefficient (Wildman–Crippen LogP) is 2.74. The minimum absolute atomic E-state index is 0.240. The highest BCUT2D eigenvalue weighted by atomic mass is 16.7. The van der Waals surface area contributed by atoms with E-state index in [4.69, 9.17) is 9.47 Å². The van der Waals surface area contributed by atoms with E-state index in [1.165, 1.54) is 12.0 Å². The van der Waals surface area contributed by atoms with Crippen molar-refractivity contribution in [3.05, 3.63) is 11.6 Å². The van der Waals surface area contributed by atoms with Crippen LogP contribution in [0.15, 0.2) is 11.6 Å². The zero-order chi connectivity index (χ0) is 9.90. The molecular weight excluding hydrogens is 164 g/mol. The maximum Gasteiger partial charge on any atom is 0.147 e. The van der Waals surface area contributed by atoms with Crippen LogP contribution in [0.1, 0.15) is 33.6 Å². The molecule has 0 spiro atoms. The molecule has 0 bridgehead atoms. The second kappa shape index (κ2) is 4.25. The predicted molar refractivity (Wildman–Crippen MR) is 53.5 cm³/mol. The minimum atomic E-state index is 0.240. The number of hydrogen-bond donors (Lipinski definition) is 0. The number of methoxy groups -OCH3 is 1. The standard InChI is InChI=1S/C11H20O2/c1-9-5-10(13-8-12-4)7-11(2,3)6-9/h5,10H,6-8H2,1-4H3. The number of ether oxygens (including phenoxy) is 2. The van der Waals surface area contributed by atoms with Gasteiger partial charge in [-0.25, -0.2) is 0 Å². The van der Waals surface area contributed by atoms with Crippen LogP contribution in [0.25, 0.3) is 0 Å². The molecule has 2 heteroatoms. The molecule has 1 rings (SSSR count). The Hall–Kier alpha value is -0.340. The van der Waals surface area contributed by atoms with Gasteiger partial charge in [0.2, 0.25) is 0 Å². The van der Waals surface area contributed by atoms with Gasteiger partial charge in [-0.05, 0) is 25.2 Å². The van der Waals surface area contributed by atoms with Crippen molar-refractivity contribution < 1.29 is 9.47 Å². The van der Waals surface area contributed by atoms with Crippen LogP contribution in [0.4, 0.5) is 0 Å². The average Bonchev–Trinajstić information content (AvgIpc) is 1.97. The molecule has 0 amide bonds. The molecule has 0 aromatic carbocycles. The average molecular weight is 184 g/mol. The van der Waals surface area contributed by atoms with Crippen LogP contribution in [0.2, 0.25) is 0 Å². The summed E-state index contributed by atoms with van der Waals surface area (Å²) in [7, 11) is 1.66. The lowest BCUT2D eigenvalue weighted by atomic mass is 9.76. The van der Waals surface area contributed by atoms with Gasteiger partial charge in [-0.1, -0.05) is 25.5 Å². The van der Waals surface area contributed by atoms with Gasteiger partial charge in [0.15, 0.2) is 0 Å². The third-order valence-corrected chi connectivity index (χ3v) is 2.38. The Balaban J connectivity index is 2.51. The summed E-state index contributed by atoms with van der Waals surface area (Å²) in [6, 6.07) is 0. The van der Waals surface area contributed by atoms with Crippen molar-refractivity contribution >= 4 is 0 Å². The summed E-state index contributed by atoms with van der Waals surface area (Å²) < 4.78 is 10.4. The van der Waals surface area contributed by atoms with Gasteiger partial charge >= 0.3 is 0 Å². The molecule has 0 saturated carbocycles. The minimum Gasteiger partial charge on any atom is -0.359 e. The van der Waals surface area contributed by atoms with Crippen LogP contribution in [-0.2, 0) is 9.47 Å². The second-order valence-corrected chi connectivity index (χ2v) is 4.67. The maximum absolute atomic E-state index is 5.54. The molecule has 0 aromatic rings. The van der Waals surface area contributed by atoms with Crippen LogP contribution in [0, 0.1) is 5.41 Å². The normalized spacial score (nSPS) is 27.1. The first-order valence-electron chi connectivity index (χ1n) is 4.81. The molecule has 2 nitrogen and oxygen atoms in total. The Kier molecular flexibility index (Phi) is 3.51. The summed E-state index contributed by atoms with van der Waals surface area (Å²) in [5, 5.41) is 0. The Morgan fingerprint density at radius 3 is 2.77 bits per heavy atom. The number of hydrogen-bond acceptors (Lipinski definition) is 2. The molecule has 0 N–H and O–H groups in total. The number of rotatable bonds is 3. The van der Waals surface area contributed by atoms with E-state index < -0.39 is 0 Å². The molecule has 0 radical (unpaired) electrons. The monoisotopic (exact) mass is 184 g/mol. The van der Waals surface area contributed by atoms with E-state index in [0.29, 0.717) is 12.2 Å². The van der Waals surface area contributed by atoms with E-state index in [1.807, 2.05) is 0 Å². The van der Waals surface area contributed by atoms with E-state index in [2.05, 4.69) is 26.8 Å². The first kappa shape index (κ1) is 10.7. The van der Waals surface area contributed by atoms with Crippen molar-refractivity contribution in [1.29, 1.82) is 0 Å². The zero-order valence-electron chi connectivity index (χ0n) is 9.09. The molecule has 0 heterocycles. The summed E-state index contributed by atoms with van der Waals surface area (Å²) in [5.41, 5.74) is 1.80. The molecule has 1 aliphatic carbocycles. The Bertz CT molecular complexity index is 194. The van der Waals surface area contributed by atoms with Gasteiger partial charge in [0.05, 0.1) is 6.10 Å².